The van der Waals surface area contributed by atoms with E-state index in [0.29, 0.717) is 0 Å². The summed E-state index contributed by atoms with van der Waals surface area (Å²) >= 11 is 0. The molecule has 0 unspecified atom stereocenters. The first kappa shape index (κ1) is 19.9. The van der Waals surface area contributed by atoms with Crippen LogP contribution in [0.25, 0.3) is 22.0 Å². The quantitative estimate of drug-likeness (QED) is 0.419. The Morgan fingerprint density at radius 1 is 0.939 bits per heavy atom. The fourth-order valence-corrected chi connectivity index (χ4v) is 5.19. The minimum Gasteiger partial charge on any atom is -0.493 e. The van der Waals surface area contributed by atoms with Crippen LogP contribution in [0.1, 0.15) is 22.3 Å². The summed E-state index contributed by atoms with van der Waals surface area (Å²) in [6.07, 6.45) is 3.97. The Morgan fingerprint density at radius 3 is 2.55 bits per heavy atom. The third-order valence-electron chi connectivity index (χ3n) is 6.87. The summed E-state index contributed by atoms with van der Waals surface area (Å²) in [5.41, 5.74) is 7.63. The van der Waals surface area contributed by atoms with Crippen LogP contribution in [-0.2, 0) is 19.4 Å². The van der Waals surface area contributed by atoms with Crippen molar-refractivity contribution in [1.29, 1.82) is 0 Å². The molecule has 5 heteroatoms. The zero-order valence-electron chi connectivity index (χ0n) is 19.1. The number of rotatable bonds is 4. The molecule has 1 aromatic heterocycles. The maximum Gasteiger partial charge on any atom is 0.231 e. The number of ether oxygens (including phenoxy) is 4. The number of fused-ring (bicyclic) bond motifs is 5. The Balaban J connectivity index is 1.67. The molecule has 0 saturated heterocycles. The van der Waals surface area contributed by atoms with E-state index in [9.17, 15) is 0 Å². The van der Waals surface area contributed by atoms with Gasteiger partial charge in [0.2, 0.25) is 12.5 Å². The van der Waals surface area contributed by atoms with Crippen LogP contribution in [0.3, 0.4) is 0 Å². The van der Waals surface area contributed by atoms with E-state index in [1.807, 2.05) is 6.07 Å². The van der Waals surface area contributed by atoms with Crippen LogP contribution in [-0.4, -0.2) is 21.0 Å². The predicted octanol–water partition coefficient (Wildman–Crippen LogP) is 5.00. The van der Waals surface area contributed by atoms with E-state index in [0.717, 1.165) is 47.8 Å². The van der Waals surface area contributed by atoms with Crippen molar-refractivity contribution in [3.8, 4) is 34.3 Å². The van der Waals surface area contributed by atoms with E-state index in [4.69, 9.17) is 18.9 Å². The number of hydrogen-bond acceptors (Lipinski definition) is 4. The van der Waals surface area contributed by atoms with Crippen LogP contribution in [0.4, 0.5) is 0 Å². The smallest absolute Gasteiger partial charge is 0.231 e. The second-order valence-electron chi connectivity index (χ2n) is 8.63. The van der Waals surface area contributed by atoms with Crippen LogP contribution in [0.2, 0.25) is 0 Å². The fourth-order valence-electron chi connectivity index (χ4n) is 5.19. The van der Waals surface area contributed by atoms with E-state index in [1.165, 1.54) is 38.9 Å². The van der Waals surface area contributed by atoms with Gasteiger partial charge < -0.3 is 18.9 Å². The molecule has 0 atom stereocenters. The molecule has 33 heavy (non-hydrogen) atoms. The minimum atomic E-state index is 0.281. The first-order valence-corrected chi connectivity index (χ1v) is 11.3. The van der Waals surface area contributed by atoms with Crippen molar-refractivity contribution >= 4 is 10.8 Å². The Kier molecular flexibility index (Phi) is 4.64. The van der Waals surface area contributed by atoms with E-state index in [-0.39, 0.29) is 6.79 Å². The molecule has 0 radical (unpaired) electrons. The zero-order valence-corrected chi connectivity index (χ0v) is 19.1. The van der Waals surface area contributed by atoms with Crippen LogP contribution in [0.5, 0.6) is 23.0 Å². The highest BCUT2D eigenvalue weighted by Gasteiger charge is 2.32. The van der Waals surface area contributed by atoms with E-state index in [2.05, 4.69) is 60.2 Å². The Bertz CT molecular complexity index is 1410. The summed E-state index contributed by atoms with van der Waals surface area (Å²) in [7, 11) is 3.39. The summed E-state index contributed by atoms with van der Waals surface area (Å²) in [5.74, 6) is 3.17. The van der Waals surface area contributed by atoms with Crippen molar-refractivity contribution in [2.75, 3.05) is 21.0 Å². The van der Waals surface area contributed by atoms with Gasteiger partial charge in [-0.1, -0.05) is 24.3 Å². The first-order valence-electron chi connectivity index (χ1n) is 11.3. The van der Waals surface area contributed by atoms with Crippen molar-refractivity contribution in [3.63, 3.8) is 0 Å². The number of aromatic nitrogens is 1. The summed E-state index contributed by atoms with van der Waals surface area (Å²) in [4.78, 5) is 0. The number of pyridine rings is 1. The molecule has 0 bridgehead atoms. The second-order valence-corrected chi connectivity index (χ2v) is 8.63. The SMILES string of the molecule is COc1ccc2c(Cc3ccccc3C)c3[n+](cc2c1OC)CCc1cc2c(cc1-3)OCO2. The highest BCUT2D eigenvalue weighted by molar-refractivity contribution is 5.95. The molecular weight excluding hydrogens is 414 g/mol. The van der Waals surface area contributed by atoms with E-state index >= 15 is 0 Å². The monoisotopic (exact) mass is 440 g/mol. The number of aryl methyl sites for hydroxylation is 3. The van der Waals surface area contributed by atoms with Gasteiger partial charge in [0.25, 0.3) is 0 Å². The Labute approximate surface area is 193 Å². The van der Waals surface area contributed by atoms with Gasteiger partial charge in [-0.15, -0.1) is 0 Å². The lowest BCUT2D eigenvalue weighted by atomic mass is 9.88. The average Bonchev–Trinajstić information content (AvgIpc) is 3.30. The van der Waals surface area contributed by atoms with Gasteiger partial charge in [-0.05, 0) is 47.9 Å². The normalized spacial score (nSPS) is 13.5. The Morgan fingerprint density at radius 2 is 1.76 bits per heavy atom. The lowest BCUT2D eigenvalue weighted by Crippen LogP contribution is -2.41. The zero-order chi connectivity index (χ0) is 22.5. The van der Waals surface area contributed by atoms with Crippen molar-refractivity contribution in [3.05, 3.63) is 77.0 Å². The lowest BCUT2D eigenvalue weighted by Gasteiger charge is -2.21. The first-order chi connectivity index (χ1) is 16.2. The summed E-state index contributed by atoms with van der Waals surface area (Å²) in [6.45, 7) is 3.34. The molecule has 0 spiro atoms. The fraction of sp³-hybridized carbons (Fsp3) is 0.250. The topological polar surface area (TPSA) is 40.8 Å². The molecule has 3 heterocycles. The van der Waals surface area contributed by atoms with Gasteiger partial charge in [0.15, 0.2) is 35.7 Å². The van der Waals surface area contributed by atoms with Crippen molar-refractivity contribution in [2.45, 2.75) is 26.3 Å². The minimum absolute atomic E-state index is 0.281. The largest absolute Gasteiger partial charge is 0.493 e. The van der Waals surface area contributed by atoms with Gasteiger partial charge in [0, 0.05) is 23.8 Å². The van der Waals surface area contributed by atoms with E-state index < -0.39 is 0 Å². The molecule has 4 aromatic rings. The molecule has 5 nitrogen and oxygen atoms in total. The maximum atomic E-state index is 5.82. The molecular formula is C28H26NO4+. The summed E-state index contributed by atoms with van der Waals surface area (Å²) in [6, 6.07) is 17.1. The Hall–Kier alpha value is -3.73. The standard InChI is InChI=1S/C28H26NO4/c1-17-6-4-5-7-18(17)12-22-20-8-9-24(30-2)28(31-3)23(20)15-29-11-10-19-13-25-26(33-16-32-25)14-21(19)27(22)29/h4-9,13-15H,10-12,16H2,1-3H3/q+1. The number of benzene rings is 3. The van der Waals surface area contributed by atoms with E-state index in [1.54, 1.807) is 14.2 Å². The number of hydrogen-bond donors (Lipinski definition) is 0. The molecule has 3 aromatic carbocycles. The third-order valence-corrected chi connectivity index (χ3v) is 6.87. The number of methoxy groups -OCH3 is 2. The molecule has 166 valence electrons. The predicted molar refractivity (Wildman–Crippen MR) is 126 cm³/mol. The van der Waals surface area contributed by atoms with Crippen molar-refractivity contribution in [2.24, 2.45) is 0 Å². The molecule has 0 aliphatic carbocycles. The number of nitrogens with zero attached hydrogens (tertiary/aromatic N) is 1. The third kappa shape index (κ3) is 3.10. The van der Waals surface area contributed by atoms with Gasteiger partial charge >= 0.3 is 0 Å². The van der Waals surface area contributed by atoms with Gasteiger partial charge in [-0.3, -0.25) is 0 Å². The molecule has 0 N–H and O–H groups in total. The molecule has 0 saturated carbocycles. The van der Waals surface area contributed by atoms with Gasteiger partial charge in [0.05, 0.1) is 25.2 Å². The second kappa shape index (κ2) is 7.69. The van der Waals surface area contributed by atoms with Crippen molar-refractivity contribution < 1.29 is 23.5 Å². The molecule has 0 amide bonds. The lowest BCUT2D eigenvalue weighted by molar-refractivity contribution is -0.686. The summed E-state index contributed by atoms with van der Waals surface area (Å²) < 4.78 is 25.2. The maximum absolute atomic E-state index is 5.82. The van der Waals surface area contributed by atoms with Crippen LogP contribution < -0.4 is 23.5 Å². The van der Waals surface area contributed by atoms with Crippen molar-refractivity contribution in [1.82, 2.24) is 0 Å². The van der Waals surface area contributed by atoms with Gasteiger partial charge in [-0.2, -0.15) is 4.57 Å². The summed E-state index contributed by atoms with van der Waals surface area (Å²) in [5, 5.41) is 2.24. The van der Waals surface area contributed by atoms with Gasteiger partial charge in [-0.25, -0.2) is 0 Å². The molecule has 6 rings (SSSR count). The highest BCUT2D eigenvalue weighted by Crippen LogP contribution is 2.44. The molecule has 2 aliphatic rings. The highest BCUT2D eigenvalue weighted by atomic mass is 16.7. The van der Waals surface area contributed by atoms with Crippen LogP contribution >= 0.6 is 0 Å². The average molecular weight is 441 g/mol. The van der Waals surface area contributed by atoms with Crippen LogP contribution in [0, 0.1) is 6.92 Å². The molecule has 2 aliphatic heterocycles. The molecule has 0 fully saturated rings. The van der Waals surface area contributed by atoms with Crippen LogP contribution in [0.15, 0.2) is 54.7 Å². The van der Waals surface area contributed by atoms with Gasteiger partial charge in [0.1, 0.15) is 0 Å².